The van der Waals surface area contributed by atoms with Crippen LogP contribution in [0.1, 0.15) is 0 Å². The Kier molecular flexibility index (Phi) is 5.00. The third-order valence-corrected chi connectivity index (χ3v) is 1.87. The lowest BCUT2D eigenvalue weighted by molar-refractivity contribution is 0.356. The van der Waals surface area contributed by atoms with Crippen molar-refractivity contribution in [1.29, 1.82) is 0 Å². The first-order valence-electron chi connectivity index (χ1n) is 4.39. The number of benzene rings is 1. The van der Waals surface area contributed by atoms with Crippen molar-refractivity contribution in [2.75, 3.05) is 19.5 Å². The standard InChI is InChI=1S/C11H14O2S/c1-12-10-5-4-6-11(9-10)13-7-2-3-8-14/h2-6,9,14H,7-8H2,1H3. The van der Waals surface area contributed by atoms with Gasteiger partial charge in [0.25, 0.3) is 0 Å². The van der Waals surface area contributed by atoms with Gasteiger partial charge in [0.05, 0.1) is 7.11 Å². The van der Waals surface area contributed by atoms with E-state index in [1.54, 1.807) is 7.11 Å². The molecule has 0 amide bonds. The molecule has 0 N–H and O–H groups in total. The molecule has 14 heavy (non-hydrogen) atoms. The molecule has 0 heterocycles. The van der Waals surface area contributed by atoms with Crippen molar-refractivity contribution in [2.24, 2.45) is 0 Å². The molecule has 3 heteroatoms. The molecule has 1 rings (SSSR count). The van der Waals surface area contributed by atoms with Crippen LogP contribution in [0.15, 0.2) is 36.4 Å². The van der Waals surface area contributed by atoms with Crippen LogP contribution in [0.4, 0.5) is 0 Å². The van der Waals surface area contributed by atoms with E-state index >= 15 is 0 Å². The fraction of sp³-hybridized carbons (Fsp3) is 0.273. The number of hydrogen-bond donors (Lipinski definition) is 1. The highest BCUT2D eigenvalue weighted by Crippen LogP contribution is 2.18. The molecule has 0 fully saturated rings. The second-order valence-corrected chi connectivity index (χ2v) is 3.01. The van der Waals surface area contributed by atoms with Gasteiger partial charge < -0.3 is 9.47 Å². The maximum atomic E-state index is 5.45. The van der Waals surface area contributed by atoms with Crippen LogP contribution in [0.3, 0.4) is 0 Å². The van der Waals surface area contributed by atoms with Gasteiger partial charge in [0, 0.05) is 11.8 Å². The quantitative estimate of drug-likeness (QED) is 0.595. The van der Waals surface area contributed by atoms with Gasteiger partial charge >= 0.3 is 0 Å². The smallest absolute Gasteiger partial charge is 0.123 e. The van der Waals surface area contributed by atoms with Crippen molar-refractivity contribution in [3.05, 3.63) is 36.4 Å². The lowest BCUT2D eigenvalue weighted by atomic mass is 10.3. The molecule has 1 aromatic rings. The molecule has 1 aromatic carbocycles. The summed E-state index contributed by atoms with van der Waals surface area (Å²) in [6.45, 7) is 0.563. The van der Waals surface area contributed by atoms with Crippen molar-refractivity contribution >= 4 is 12.6 Å². The van der Waals surface area contributed by atoms with Gasteiger partial charge in [-0.2, -0.15) is 12.6 Å². The zero-order chi connectivity index (χ0) is 10.2. The summed E-state index contributed by atoms with van der Waals surface area (Å²) in [7, 11) is 1.64. The van der Waals surface area contributed by atoms with Crippen molar-refractivity contribution < 1.29 is 9.47 Å². The van der Waals surface area contributed by atoms with Crippen molar-refractivity contribution in [1.82, 2.24) is 0 Å². The molecule has 0 saturated carbocycles. The molecule has 0 spiro atoms. The number of rotatable bonds is 5. The number of ether oxygens (including phenoxy) is 2. The third kappa shape index (κ3) is 3.75. The lowest BCUT2D eigenvalue weighted by Gasteiger charge is -2.04. The first kappa shape index (κ1) is 11.0. The average molecular weight is 210 g/mol. The summed E-state index contributed by atoms with van der Waals surface area (Å²) >= 11 is 4.05. The normalized spacial score (nSPS) is 10.4. The summed E-state index contributed by atoms with van der Waals surface area (Å²) in [5, 5.41) is 0. The van der Waals surface area contributed by atoms with Crippen molar-refractivity contribution in [3.63, 3.8) is 0 Å². The minimum absolute atomic E-state index is 0.563. The maximum Gasteiger partial charge on any atom is 0.123 e. The van der Waals surface area contributed by atoms with Gasteiger partial charge in [0.1, 0.15) is 18.1 Å². The van der Waals surface area contributed by atoms with E-state index in [4.69, 9.17) is 9.47 Å². The van der Waals surface area contributed by atoms with Gasteiger partial charge in [-0.15, -0.1) is 0 Å². The predicted octanol–water partition coefficient (Wildman–Crippen LogP) is 2.56. The summed E-state index contributed by atoms with van der Waals surface area (Å²) in [6.07, 6.45) is 3.88. The van der Waals surface area contributed by atoms with Crippen LogP contribution in [0.5, 0.6) is 11.5 Å². The number of hydrogen-bond acceptors (Lipinski definition) is 3. The van der Waals surface area contributed by atoms with E-state index < -0.39 is 0 Å². The van der Waals surface area contributed by atoms with Gasteiger partial charge in [-0.3, -0.25) is 0 Å². The molecule has 76 valence electrons. The Bertz CT molecular complexity index is 297. The monoisotopic (exact) mass is 210 g/mol. The van der Waals surface area contributed by atoms with Gasteiger partial charge in [0.15, 0.2) is 0 Å². The van der Waals surface area contributed by atoms with Crippen LogP contribution in [0.2, 0.25) is 0 Å². The molecule has 0 unspecified atom stereocenters. The molecule has 0 aliphatic carbocycles. The molecule has 0 radical (unpaired) electrons. The van der Waals surface area contributed by atoms with E-state index in [2.05, 4.69) is 12.6 Å². The van der Waals surface area contributed by atoms with Crippen LogP contribution in [-0.2, 0) is 0 Å². The van der Waals surface area contributed by atoms with E-state index in [9.17, 15) is 0 Å². The molecular formula is C11H14O2S. The molecule has 0 saturated heterocycles. The first-order chi connectivity index (χ1) is 6.86. The summed E-state index contributed by atoms with van der Waals surface area (Å²) < 4.78 is 10.5. The van der Waals surface area contributed by atoms with Crippen LogP contribution in [0, 0.1) is 0 Å². The molecule has 0 atom stereocenters. The van der Waals surface area contributed by atoms with E-state index in [1.165, 1.54) is 0 Å². The number of thiol groups is 1. The largest absolute Gasteiger partial charge is 0.497 e. The zero-order valence-electron chi connectivity index (χ0n) is 8.14. The molecule has 0 aromatic heterocycles. The van der Waals surface area contributed by atoms with Crippen LogP contribution >= 0.6 is 12.6 Å². The highest BCUT2D eigenvalue weighted by molar-refractivity contribution is 7.80. The Balaban J connectivity index is 2.46. The molecule has 2 nitrogen and oxygen atoms in total. The molecular weight excluding hydrogens is 196 g/mol. The second kappa shape index (κ2) is 6.38. The zero-order valence-corrected chi connectivity index (χ0v) is 9.04. The highest BCUT2D eigenvalue weighted by Gasteiger charge is 1.94. The Morgan fingerprint density at radius 2 is 2.07 bits per heavy atom. The lowest BCUT2D eigenvalue weighted by Crippen LogP contribution is -1.93. The summed E-state index contributed by atoms with van der Waals surface area (Å²) in [5.74, 6) is 2.36. The van der Waals surface area contributed by atoms with Gasteiger partial charge in [-0.25, -0.2) is 0 Å². The van der Waals surface area contributed by atoms with Crippen molar-refractivity contribution in [2.45, 2.75) is 0 Å². The second-order valence-electron chi connectivity index (χ2n) is 2.64. The highest BCUT2D eigenvalue weighted by atomic mass is 32.1. The average Bonchev–Trinajstić information content (AvgIpc) is 2.25. The topological polar surface area (TPSA) is 18.5 Å². The third-order valence-electron chi connectivity index (χ3n) is 1.66. The predicted molar refractivity (Wildman–Crippen MR) is 61.5 cm³/mol. The van der Waals surface area contributed by atoms with Crippen LogP contribution in [-0.4, -0.2) is 19.5 Å². The van der Waals surface area contributed by atoms with Gasteiger partial charge in [-0.1, -0.05) is 18.2 Å². The van der Waals surface area contributed by atoms with E-state index in [1.807, 2.05) is 36.4 Å². The minimum atomic E-state index is 0.563. The Morgan fingerprint density at radius 1 is 1.29 bits per heavy atom. The summed E-state index contributed by atoms with van der Waals surface area (Å²) in [4.78, 5) is 0. The molecule has 0 aliphatic rings. The van der Waals surface area contributed by atoms with Crippen LogP contribution < -0.4 is 9.47 Å². The Morgan fingerprint density at radius 3 is 2.79 bits per heavy atom. The summed E-state index contributed by atoms with van der Waals surface area (Å²) in [5.41, 5.74) is 0. The maximum absolute atomic E-state index is 5.45. The van der Waals surface area contributed by atoms with Crippen LogP contribution in [0.25, 0.3) is 0 Å². The fourth-order valence-electron chi connectivity index (χ4n) is 0.978. The van der Waals surface area contributed by atoms with E-state index in [0.29, 0.717) is 6.61 Å². The van der Waals surface area contributed by atoms with Gasteiger partial charge in [-0.05, 0) is 12.1 Å². The fourth-order valence-corrected chi connectivity index (χ4v) is 1.13. The number of methoxy groups -OCH3 is 1. The first-order valence-corrected chi connectivity index (χ1v) is 5.03. The van der Waals surface area contributed by atoms with E-state index in [-0.39, 0.29) is 0 Å². The SMILES string of the molecule is COc1cccc(OCC=CCS)c1. The Hall–Kier alpha value is -1.09. The minimum Gasteiger partial charge on any atom is -0.497 e. The molecule has 0 bridgehead atoms. The Labute approximate surface area is 89.9 Å². The van der Waals surface area contributed by atoms with E-state index in [0.717, 1.165) is 17.3 Å². The molecule has 0 aliphatic heterocycles. The van der Waals surface area contributed by atoms with Crippen molar-refractivity contribution in [3.8, 4) is 11.5 Å². The van der Waals surface area contributed by atoms with Gasteiger partial charge in [0.2, 0.25) is 0 Å². The summed E-state index contributed by atoms with van der Waals surface area (Å²) in [6, 6.07) is 7.54.